The normalized spacial score (nSPS) is 22.5. The van der Waals surface area contributed by atoms with Crippen molar-refractivity contribution in [1.82, 2.24) is 14.5 Å². The van der Waals surface area contributed by atoms with E-state index in [1.807, 2.05) is 29.2 Å². The summed E-state index contributed by atoms with van der Waals surface area (Å²) in [5.74, 6) is 0.921. The number of carbonyl (C=O) groups excluding carboxylic acids is 1. The van der Waals surface area contributed by atoms with Crippen molar-refractivity contribution in [2.45, 2.75) is 44.3 Å². The highest BCUT2D eigenvalue weighted by Crippen LogP contribution is 2.31. The Balaban J connectivity index is 1.73. The second kappa shape index (κ2) is 6.02. The maximum absolute atomic E-state index is 12.9. The molecule has 0 radical (unpaired) electrons. The van der Waals surface area contributed by atoms with E-state index in [-0.39, 0.29) is 23.6 Å². The summed E-state index contributed by atoms with van der Waals surface area (Å²) in [5, 5.41) is 0.649. The minimum atomic E-state index is 0.00689. The molecule has 1 aromatic carbocycles. The van der Waals surface area contributed by atoms with Gasteiger partial charge in [0.15, 0.2) is 0 Å². The highest BCUT2D eigenvalue weighted by Gasteiger charge is 2.40. The van der Waals surface area contributed by atoms with Gasteiger partial charge in [-0.3, -0.25) is 14.2 Å². The van der Waals surface area contributed by atoms with Crippen LogP contribution >= 0.6 is 0 Å². The van der Waals surface area contributed by atoms with Crippen LogP contribution in [0.25, 0.3) is 10.9 Å². The number of para-hydroxylation sites is 1. The van der Waals surface area contributed by atoms with E-state index in [9.17, 15) is 9.59 Å². The first kappa shape index (κ1) is 15.3. The molecule has 2 aliphatic heterocycles. The van der Waals surface area contributed by atoms with E-state index in [4.69, 9.17) is 9.72 Å². The molecular weight excluding hydrogens is 306 g/mol. The number of nitrogens with zero attached hydrogens (tertiary/aromatic N) is 3. The van der Waals surface area contributed by atoms with Gasteiger partial charge in [-0.25, -0.2) is 4.98 Å². The molecule has 24 heavy (non-hydrogen) atoms. The van der Waals surface area contributed by atoms with Crippen LogP contribution in [0.2, 0.25) is 0 Å². The lowest BCUT2D eigenvalue weighted by Crippen LogP contribution is -2.42. The van der Waals surface area contributed by atoms with Gasteiger partial charge in [0, 0.05) is 26.1 Å². The van der Waals surface area contributed by atoms with Crippen molar-refractivity contribution in [3.63, 3.8) is 0 Å². The molecule has 0 aliphatic carbocycles. The monoisotopic (exact) mass is 327 g/mol. The van der Waals surface area contributed by atoms with E-state index < -0.39 is 0 Å². The molecule has 0 N–H and O–H groups in total. The minimum absolute atomic E-state index is 0.00689. The molecule has 2 aliphatic rings. The van der Waals surface area contributed by atoms with Gasteiger partial charge in [0.25, 0.3) is 5.56 Å². The van der Waals surface area contributed by atoms with Gasteiger partial charge in [-0.15, -0.1) is 0 Å². The molecule has 6 heteroatoms. The van der Waals surface area contributed by atoms with Crippen LogP contribution in [0.1, 0.15) is 25.1 Å². The summed E-state index contributed by atoms with van der Waals surface area (Å²) >= 11 is 0. The van der Waals surface area contributed by atoms with Crippen LogP contribution in [0.3, 0.4) is 0 Å². The molecule has 6 nitrogen and oxygen atoms in total. The molecule has 2 bridgehead atoms. The largest absolute Gasteiger partial charge is 0.384 e. The standard InChI is InChI=1S/C18H21N3O3/c1-24-9-8-17(22)21-12-6-7-13(21)11-20-16(10-12)19-15-5-3-2-4-14(15)18(20)23/h2-5,12-13H,6-11H2,1H3/t12-,13+/m1/s1. The molecule has 4 rings (SSSR count). The van der Waals surface area contributed by atoms with Crippen molar-refractivity contribution >= 4 is 16.8 Å². The zero-order valence-electron chi connectivity index (χ0n) is 13.8. The summed E-state index contributed by atoms with van der Waals surface area (Å²) in [6, 6.07) is 7.68. The number of fused-ring (bicyclic) bond motifs is 4. The van der Waals surface area contributed by atoms with E-state index in [1.54, 1.807) is 11.7 Å². The maximum atomic E-state index is 12.9. The fourth-order valence-electron chi connectivity index (χ4n) is 4.05. The molecule has 2 aromatic rings. The summed E-state index contributed by atoms with van der Waals surface area (Å²) in [4.78, 5) is 32.1. The van der Waals surface area contributed by atoms with Gasteiger partial charge >= 0.3 is 0 Å². The minimum Gasteiger partial charge on any atom is -0.384 e. The highest BCUT2D eigenvalue weighted by molar-refractivity contribution is 5.78. The number of aromatic nitrogens is 2. The predicted molar refractivity (Wildman–Crippen MR) is 89.9 cm³/mol. The van der Waals surface area contributed by atoms with Crippen LogP contribution in [0.15, 0.2) is 29.1 Å². The Bertz CT molecular complexity index is 845. The Morgan fingerprint density at radius 1 is 1.29 bits per heavy atom. The number of methoxy groups -OCH3 is 1. The molecule has 0 saturated carbocycles. The third-order valence-corrected chi connectivity index (χ3v) is 5.18. The molecular formula is C18H21N3O3. The fourth-order valence-corrected chi connectivity index (χ4v) is 4.05. The van der Waals surface area contributed by atoms with E-state index >= 15 is 0 Å². The van der Waals surface area contributed by atoms with Crippen molar-refractivity contribution in [3.05, 3.63) is 40.4 Å². The second-order valence-electron chi connectivity index (χ2n) is 6.59. The number of ether oxygens (including phenoxy) is 1. The van der Waals surface area contributed by atoms with Gasteiger partial charge in [-0.1, -0.05) is 12.1 Å². The van der Waals surface area contributed by atoms with Gasteiger partial charge in [0.2, 0.25) is 5.91 Å². The van der Waals surface area contributed by atoms with Crippen LogP contribution in [-0.4, -0.2) is 46.2 Å². The molecule has 1 saturated heterocycles. The zero-order chi connectivity index (χ0) is 16.7. The summed E-state index contributed by atoms with van der Waals surface area (Å²) in [6.45, 7) is 0.977. The first-order valence-corrected chi connectivity index (χ1v) is 8.47. The van der Waals surface area contributed by atoms with Gasteiger partial charge in [-0.2, -0.15) is 0 Å². The Kier molecular flexibility index (Phi) is 3.84. The number of carbonyl (C=O) groups is 1. The number of benzene rings is 1. The highest BCUT2D eigenvalue weighted by atomic mass is 16.5. The lowest BCUT2D eigenvalue weighted by atomic mass is 10.1. The summed E-state index contributed by atoms with van der Waals surface area (Å²) in [6.07, 6.45) is 2.97. The molecule has 126 valence electrons. The van der Waals surface area contributed by atoms with Gasteiger partial charge in [0.1, 0.15) is 5.82 Å². The van der Waals surface area contributed by atoms with Gasteiger partial charge in [0.05, 0.1) is 30.0 Å². The Hall–Kier alpha value is -2.21. The average Bonchev–Trinajstić information content (AvgIpc) is 2.89. The lowest BCUT2D eigenvalue weighted by Gasteiger charge is -2.27. The van der Waals surface area contributed by atoms with Crippen LogP contribution in [0.4, 0.5) is 0 Å². The van der Waals surface area contributed by atoms with Crippen LogP contribution in [0, 0.1) is 0 Å². The topological polar surface area (TPSA) is 64.4 Å². The number of hydrogen-bond donors (Lipinski definition) is 0. The van der Waals surface area contributed by atoms with E-state index in [0.717, 1.165) is 24.2 Å². The van der Waals surface area contributed by atoms with Gasteiger partial charge < -0.3 is 9.64 Å². The van der Waals surface area contributed by atoms with Crippen molar-refractivity contribution in [2.75, 3.05) is 13.7 Å². The summed E-state index contributed by atoms with van der Waals surface area (Å²) in [7, 11) is 1.61. The van der Waals surface area contributed by atoms with Crippen molar-refractivity contribution in [2.24, 2.45) is 0 Å². The Morgan fingerprint density at radius 2 is 2.08 bits per heavy atom. The third-order valence-electron chi connectivity index (χ3n) is 5.18. The fraction of sp³-hybridized carbons (Fsp3) is 0.500. The lowest BCUT2D eigenvalue weighted by molar-refractivity contribution is -0.135. The summed E-state index contributed by atoms with van der Waals surface area (Å²) < 4.78 is 6.82. The SMILES string of the molecule is COCCC(=O)N1[C@@H]2CC[C@H]1Cn1c(nc3ccccc3c1=O)C2. The Labute approximate surface area is 140 Å². The quantitative estimate of drug-likeness (QED) is 0.853. The van der Waals surface area contributed by atoms with Crippen LogP contribution < -0.4 is 5.56 Å². The van der Waals surface area contributed by atoms with E-state index in [1.165, 1.54) is 0 Å². The Morgan fingerprint density at radius 3 is 2.92 bits per heavy atom. The molecule has 1 amide bonds. The predicted octanol–water partition coefficient (Wildman–Crippen LogP) is 1.35. The van der Waals surface area contributed by atoms with Crippen molar-refractivity contribution in [1.29, 1.82) is 0 Å². The van der Waals surface area contributed by atoms with Crippen molar-refractivity contribution in [3.8, 4) is 0 Å². The number of amides is 1. The first-order chi connectivity index (χ1) is 11.7. The van der Waals surface area contributed by atoms with Crippen molar-refractivity contribution < 1.29 is 9.53 Å². The zero-order valence-corrected chi connectivity index (χ0v) is 13.8. The maximum Gasteiger partial charge on any atom is 0.261 e. The van der Waals surface area contributed by atoms with Gasteiger partial charge in [-0.05, 0) is 25.0 Å². The molecule has 1 fully saturated rings. The number of hydrogen-bond acceptors (Lipinski definition) is 4. The molecule has 0 spiro atoms. The third kappa shape index (κ3) is 2.41. The molecule has 2 atom stereocenters. The van der Waals surface area contributed by atoms with Crippen LogP contribution in [0.5, 0.6) is 0 Å². The molecule has 0 unspecified atom stereocenters. The molecule has 1 aromatic heterocycles. The smallest absolute Gasteiger partial charge is 0.261 e. The van der Waals surface area contributed by atoms with E-state index in [0.29, 0.717) is 31.4 Å². The summed E-state index contributed by atoms with van der Waals surface area (Å²) in [5.41, 5.74) is 0.747. The average molecular weight is 327 g/mol. The second-order valence-corrected chi connectivity index (χ2v) is 6.59. The van der Waals surface area contributed by atoms with E-state index in [2.05, 4.69) is 0 Å². The number of rotatable bonds is 3. The molecule has 3 heterocycles. The van der Waals surface area contributed by atoms with Crippen LogP contribution in [-0.2, 0) is 22.5 Å². The first-order valence-electron chi connectivity index (χ1n) is 8.47.